The van der Waals surface area contributed by atoms with Crippen molar-refractivity contribution in [1.82, 2.24) is 9.97 Å². The molecule has 3 heteroatoms. The summed E-state index contributed by atoms with van der Waals surface area (Å²) in [6.07, 6.45) is 6.02. The molecule has 1 aromatic heterocycles. The summed E-state index contributed by atoms with van der Waals surface area (Å²) in [6, 6.07) is 0. The maximum Gasteiger partial charge on any atom is 0.133 e. The fraction of sp³-hybridized carbons (Fsp3) is 0.636. The van der Waals surface area contributed by atoms with Crippen LogP contribution in [0.4, 0.5) is 0 Å². The fourth-order valence-corrected chi connectivity index (χ4v) is 2.48. The minimum absolute atomic E-state index is 0.311. The van der Waals surface area contributed by atoms with Crippen molar-refractivity contribution in [3.8, 4) is 0 Å². The Bertz CT molecular complexity index is 443. The first-order chi connectivity index (χ1) is 6.69. The lowest BCUT2D eigenvalue weighted by molar-refractivity contribution is 0.696. The molecule has 1 heterocycles. The van der Waals surface area contributed by atoms with Crippen LogP contribution in [-0.4, -0.2) is 9.97 Å². The Kier molecular flexibility index (Phi) is 1.63. The number of aromatic nitrogens is 2. The average Bonchev–Trinajstić information content (AvgIpc) is 2.75. The summed E-state index contributed by atoms with van der Waals surface area (Å²) in [5.41, 5.74) is 2.96. The van der Waals surface area contributed by atoms with Crippen LogP contribution in [0, 0.1) is 4.64 Å². The molecular weight excluding hydrogens is 192 g/mol. The third-order valence-corrected chi connectivity index (χ3v) is 3.87. The van der Waals surface area contributed by atoms with Crippen molar-refractivity contribution in [2.45, 2.75) is 44.4 Å². The Morgan fingerprint density at radius 1 is 1.36 bits per heavy atom. The van der Waals surface area contributed by atoms with Gasteiger partial charge < -0.3 is 4.98 Å². The lowest BCUT2D eigenvalue weighted by Gasteiger charge is -2.10. The highest BCUT2D eigenvalue weighted by atomic mass is 32.1. The van der Waals surface area contributed by atoms with Crippen molar-refractivity contribution in [3.63, 3.8) is 0 Å². The van der Waals surface area contributed by atoms with Gasteiger partial charge in [0.25, 0.3) is 0 Å². The van der Waals surface area contributed by atoms with Crippen LogP contribution in [0.5, 0.6) is 0 Å². The van der Waals surface area contributed by atoms with E-state index in [4.69, 9.17) is 12.2 Å². The second-order valence-corrected chi connectivity index (χ2v) is 5.15. The van der Waals surface area contributed by atoms with Crippen molar-refractivity contribution < 1.29 is 0 Å². The zero-order valence-corrected chi connectivity index (χ0v) is 9.21. The molecule has 1 fully saturated rings. The minimum Gasteiger partial charge on any atom is -0.346 e. The standard InChI is InChI=1S/C11H14N2S/c1-11(5-6-11)10-12-8-4-2-3-7(8)9(14)13-10/h2-6H2,1H3,(H,12,13,14). The summed E-state index contributed by atoms with van der Waals surface area (Å²) in [5, 5.41) is 0. The van der Waals surface area contributed by atoms with Crippen LogP contribution in [-0.2, 0) is 18.3 Å². The monoisotopic (exact) mass is 206 g/mol. The first kappa shape index (κ1) is 8.60. The molecule has 0 aliphatic heterocycles. The number of aromatic amines is 1. The van der Waals surface area contributed by atoms with Crippen LogP contribution >= 0.6 is 12.2 Å². The van der Waals surface area contributed by atoms with Gasteiger partial charge in [0.2, 0.25) is 0 Å². The third-order valence-electron chi connectivity index (χ3n) is 3.53. The number of aryl methyl sites for hydroxylation is 1. The molecule has 0 saturated heterocycles. The molecule has 0 radical (unpaired) electrons. The van der Waals surface area contributed by atoms with Gasteiger partial charge in [-0.25, -0.2) is 4.98 Å². The predicted molar refractivity (Wildman–Crippen MR) is 58.0 cm³/mol. The van der Waals surface area contributed by atoms with Gasteiger partial charge in [0, 0.05) is 16.7 Å². The SMILES string of the molecule is CC1(c2nc(=S)c3c([nH]2)CCC3)CC1. The third kappa shape index (κ3) is 1.15. The highest BCUT2D eigenvalue weighted by Crippen LogP contribution is 2.46. The van der Waals surface area contributed by atoms with Gasteiger partial charge in [-0.05, 0) is 32.1 Å². The Morgan fingerprint density at radius 2 is 2.14 bits per heavy atom. The van der Waals surface area contributed by atoms with Crippen LogP contribution in [0.1, 0.15) is 43.3 Å². The summed E-state index contributed by atoms with van der Waals surface area (Å²) in [7, 11) is 0. The number of hydrogen-bond donors (Lipinski definition) is 1. The van der Waals surface area contributed by atoms with E-state index in [-0.39, 0.29) is 0 Å². The van der Waals surface area contributed by atoms with E-state index in [0.717, 1.165) is 23.3 Å². The molecule has 1 N–H and O–H groups in total. The number of hydrogen-bond acceptors (Lipinski definition) is 2. The molecule has 74 valence electrons. The molecule has 0 bridgehead atoms. The largest absolute Gasteiger partial charge is 0.346 e. The first-order valence-corrected chi connectivity index (χ1v) is 5.72. The van der Waals surface area contributed by atoms with E-state index < -0.39 is 0 Å². The molecule has 2 aliphatic rings. The van der Waals surface area contributed by atoms with Gasteiger partial charge in [0.1, 0.15) is 10.5 Å². The highest BCUT2D eigenvalue weighted by molar-refractivity contribution is 7.71. The predicted octanol–water partition coefficient (Wildman–Crippen LogP) is 2.68. The van der Waals surface area contributed by atoms with E-state index in [1.807, 2.05) is 0 Å². The lowest BCUT2D eigenvalue weighted by Crippen LogP contribution is -2.09. The maximum absolute atomic E-state index is 5.33. The molecule has 14 heavy (non-hydrogen) atoms. The fourth-order valence-electron chi connectivity index (χ4n) is 2.17. The molecule has 1 aromatic rings. The second-order valence-electron chi connectivity index (χ2n) is 4.76. The summed E-state index contributed by atoms with van der Waals surface area (Å²) < 4.78 is 0.847. The van der Waals surface area contributed by atoms with Crippen LogP contribution < -0.4 is 0 Å². The number of nitrogens with one attached hydrogen (secondary N) is 1. The van der Waals surface area contributed by atoms with Gasteiger partial charge in [-0.2, -0.15) is 0 Å². The minimum atomic E-state index is 0.311. The van der Waals surface area contributed by atoms with E-state index >= 15 is 0 Å². The summed E-state index contributed by atoms with van der Waals surface area (Å²) in [6.45, 7) is 2.27. The molecule has 2 nitrogen and oxygen atoms in total. The van der Waals surface area contributed by atoms with Gasteiger partial charge in [-0.1, -0.05) is 19.1 Å². The Balaban J connectivity index is 2.17. The zero-order valence-electron chi connectivity index (χ0n) is 8.39. The average molecular weight is 206 g/mol. The van der Waals surface area contributed by atoms with Crippen LogP contribution in [0.15, 0.2) is 0 Å². The molecule has 0 atom stereocenters. The van der Waals surface area contributed by atoms with E-state index in [9.17, 15) is 0 Å². The Hall–Kier alpha value is -0.700. The van der Waals surface area contributed by atoms with Crippen molar-refractivity contribution in [2.24, 2.45) is 0 Å². The highest BCUT2D eigenvalue weighted by Gasteiger charge is 2.41. The lowest BCUT2D eigenvalue weighted by atomic mass is 10.1. The topological polar surface area (TPSA) is 28.7 Å². The van der Waals surface area contributed by atoms with Gasteiger partial charge in [-0.3, -0.25) is 0 Å². The van der Waals surface area contributed by atoms with Crippen molar-refractivity contribution in [1.29, 1.82) is 0 Å². The van der Waals surface area contributed by atoms with Crippen LogP contribution in [0.3, 0.4) is 0 Å². The van der Waals surface area contributed by atoms with Crippen molar-refractivity contribution >= 4 is 12.2 Å². The molecule has 0 aromatic carbocycles. The quantitative estimate of drug-likeness (QED) is 0.716. The van der Waals surface area contributed by atoms with E-state index in [1.54, 1.807) is 0 Å². The molecule has 2 aliphatic carbocycles. The zero-order chi connectivity index (χ0) is 9.76. The van der Waals surface area contributed by atoms with Crippen LogP contribution in [0.2, 0.25) is 0 Å². The van der Waals surface area contributed by atoms with Gasteiger partial charge in [0.05, 0.1) is 0 Å². The number of nitrogens with zero attached hydrogens (tertiary/aromatic N) is 1. The van der Waals surface area contributed by atoms with Crippen molar-refractivity contribution in [3.05, 3.63) is 21.7 Å². The molecule has 3 rings (SSSR count). The van der Waals surface area contributed by atoms with E-state index in [1.165, 1.54) is 30.5 Å². The van der Waals surface area contributed by atoms with Gasteiger partial charge in [-0.15, -0.1) is 0 Å². The van der Waals surface area contributed by atoms with E-state index in [0.29, 0.717) is 5.41 Å². The summed E-state index contributed by atoms with van der Waals surface area (Å²) in [4.78, 5) is 8.03. The smallest absolute Gasteiger partial charge is 0.133 e. The molecule has 0 amide bonds. The van der Waals surface area contributed by atoms with Gasteiger partial charge >= 0.3 is 0 Å². The van der Waals surface area contributed by atoms with E-state index in [2.05, 4.69) is 16.9 Å². The molecular formula is C11H14N2S. The Labute approximate surface area is 88.8 Å². The first-order valence-electron chi connectivity index (χ1n) is 5.32. The molecule has 0 unspecified atom stereocenters. The summed E-state index contributed by atoms with van der Waals surface area (Å²) in [5.74, 6) is 1.13. The van der Waals surface area contributed by atoms with Crippen LogP contribution in [0.25, 0.3) is 0 Å². The second kappa shape index (κ2) is 2.66. The maximum atomic E-state index is 5.33. The van der Waals surface area contributed by atoms with Gasteiger partial charge in [0.15, 0.2) is 0 Å². The number of rotatable bonds is 1. The molecule has 1 saturated carbocycles. The summed E-state index contributed by atoms with van der Waals surface area (Å²) >= 11 is 5.33. The van der Waals surface area contributed by atoms with Crippen molar-refractivity contribution in [2.75, 3.05) is 0 Å². The Morgan fingerprint density at radius 3 is 2.86 bits per heavy atom. The number of fused-ring (bicyclic) bond motifs is 1. The number of H-pyrrole nitrogens is 1. The normalized spacial score (nSPS) is 22.1. The molecule has 0 spiro atoms.